The fourth-order valence-corrected chi connectivity index (χ4v) is 2.14. The highest BCUT2D eigenvalue weighted by atomic mass is 79.9. The van der Waals surface area contributed by atoms with Gasteiger partial charge in [0.2, 0.25) is 0 Å². The van der Waals surface area contributed by atoms with E-state index in [1.807, 2.05) is 0 Å². The molecule has 7 heteroatoms. The maximum absolute atomic E-state index is 12.7. The number of hydrogen-bond donors (Lipinski definition) is 1. The van der Waals surface area contributed by atoms with Crippen molar-refractivity contribution in [2.75, 3.05) is 19.5 Å². The average Bonchev–Trinajstić information content (AvgIpc) is 2.31. The molecule has 0 fully saturated rings. The molecule has 0 radical (unpaired) electrons. The topological polar surface area (TPSA) is 30.5 Å². The molecule has 0 saturated carbocycles. The Morgan fingerprint density at radius 1 is 1.21 bits per heavy atom. The zero-order valence-electron chi connectivity index (χ0n) is 10.7. The minimum atomic E-state index is -4.40. The molecule has 0 aliphatic heterocycles. The Labute approximate surface area is 118 Å². The van der Waals surface area contributed by atoms with Crippen molar-refractivity contribution in [3.8, 4) is 0 Å². The van der Waals surface area contributed by atoms with Gasteiger partial charge in [-0.05, 0) is 25.1 Å². The van der Waals surface area contributed by atoms with E-state index in [0.717, 1.165) is 6.07 Å². The van der Waals surface area contributed by atoms with Crippen LogP contribution in [-0.4, -0.2) is 26.6 Å². The molecule has 1 N–H and O–H groups in total. The van der Waals surface area contributed by atoms with E-state index in [4.69, 9.17) is 9.47 Å². The largest absolute Gasteiger partial charge is 0.417 e. The third kappa shape index (κ3) is 4.36. The monoisotopic (exact) mass is 341 g/mol. The van der Waals surface area contributed by atoms with E-state index < -0.39 is 18.0 Å². The van der Waals surface area contributed by atoms with Crippen LogP contribution >= 0.6 is 15.9 Å². The SMILES string of the molecule is COC(OC)C(C)Nc1ccc(Br)c(C(F)(F)F)c1. The summed E-state index contributed by atoms with van der Waals surface area (Å²) in [7, 11) is 2.93. The van der Waals surface area contributed by atoms with Gasteiger partial charge in [0.05, 0.1) is 11.6 Å². The Kier molecular flexibility index (Phi) is 5.64. The molecule has 1 rings (SSSR count). The highest BCUT2D eigenvalue weighted by Gasteiger charge is 2.33. The Morgan fingerprint density at radius 3 is 2.26 bits per heavy atom. The molecule has 3 nitrogen and oxygen atoms in total. The van der Waals surface area contributed by atoms with Gasteiger partial charge in [0.15, 0.2) is 6.29 Å². The van der Waals surface area contributed by atoms with Gasteiger partial charge in [-0.3, -0.25) is 0 Å². The summed E-state index contributed by atoms with van der Waals surface area (Å²) in [4.78, 5) is 0. The van der Waals surface area contributed by atoms with E-state index in [1.54, 1.807) is 13.0 Å². The predicted octanol–water partition coefficient (Wildman–Crippen LogP) is 3.89. The molecular formula is C12H15BrF3NO2. The van der Waals surface area contributed by atoms with E-state index in [9.17, 15) is 13.2 Å². The lowest BCUT2D eigenvalue weighted by Gasteiger charge is -2.23. The number of benzene rings is 1. The maximum atomic E-state index is 12.7. The second-order valence-electron chi connectivity index (χ2n) is 3.97. The number of nitrogens with one attached hydrogen (secondary N) is 1. The number of hydrogen-bond acceptors (Lipinski definition) is 3. The van der Waals surface area contributed by atoms with Gasteiger partial charge < -0.3 is 14.8 Å². The van der Waals surface area contributed by atoms with E-state index in [1.165, 1.54) is 20.3 Å². The molecule has 1 unspecified atom stereocenters. The van der Waals surface area contributed by atoms with Crippen LogP contribution in [-0.2, 0) is 15.7 Å². The van der Waals surface area contributed by atoms with Crippen LogP contribution in [0.15, 0.2) is 22.7 Å². The first-order valence-corrected chi connectivity index (χ1v) is 6.27. The van der Waals surface area contributed by atoms with Crippen LogP contribution in [0.3, 0.4) is 0 Å². The minimum Gasteiger partial charge on any atom is -0.377 e. The van der Waals surface area contributed by atoms with Crippen molar-refractivity contribution in [2.24, 2.45) is 0 Å². The Morgan fingerprint density at radius 2 is 1.79 bits per heavy atom. The van der Waals surface area contributed by atoms with Gasteiger partial charge in [-0.25, -0.2) is 0 Å². The predicted molar refractivity (Wildman–Crippen MR) is 70.0 cm³/mol. The molecule has 0 aromatic heterocycles. The second kappa shape index (κ2) is 6.58. The highest BCUT2D eigenvalue weighted by molar-refractivity contribution is 9.10. The van der Waals surface area contributed by atoms with Crippen LogP contribution in [0, 0.1) is 0 Å². The van der Waals surface area contributed by atoms with Crippen molar-refractivity contribution in [3.63, 3.8) is 0 Å². The summed E-state index contributed by atoms with van der Waals surface area (Å²) in [6.45, 7) is 1.76. The fraction of sp³-hybridized carbons (Fsp3) is 0.500. The standard InChI is InChI=1S/C12H15BrF3NO2/c1-7(11(18-2)19-3)17-8-4-5-10(13)9(6-8)12(14,15)16/h4-7,11,17H,1-3H3. The van der Waals surface area contributed by atoms with Crippen LogP contribution in [0.25, 0.3) is 0 Å². The van der Waals surface area contributed by atoms with Crippen molar-refractivity contribution in [1.29, 1.82) is 0 Å². The van der Waals surface area contributed by atoms with Crippen LogP contribution in [0.4, 0.5) is 18.9 Å². The zero-order chi connectivity index (χ0) is 14.6. The number of anilines is 1. The zero-order valence-corrected chi connectivity index (χ0v) is 12.3. The van der Waals surface area contributed by atoms with Crippen LogP contribution in [0.5, 0.6) is 0 Å². The number of ether oxygens (including phenoxy) is 2. The molecule has 0 amide bonds. The molecule has 0 heterocycles. The summed E-state index contributed by atoms with van der Waals surface area (Å²) < 4.78 is 48.3. The van der Waals surface area contributed by atoms with E-state index in [-0.39, 0.29) is 10.5 Å². The first kappa shape index (κ1) is 16.3. The lowest BCUT2D eigenvalue weighted by molar-refractivity contribution is -0.138. The van der Waals surface area contributed by atoms with E-state index >= 15 is 0 Å². The smallest absolute Gasteiger partial charge is 0.377 e. The summed E-state index contributed by atoms with van der Waals surface area (Å²) >= 11 is 2.89. The summed E-state index contributed by atoms with van der Waals surface area (Å²) in [6.07, 6.45) is -4.94. The number of alkyl halides is 3. The summed E-state index contributed by atoms with van der Waals surface area (Å²) in [5, 5.41) is 2.91. The Balaban J connectivity index is 2.91. The van der Waals surface area contributed by atoms with Gasteiger partial charge in [-0.1, -0.05) is 15.9 Å². The van der Waals surface area contributed by atoms with Crippen molar-refractivity contribution >= 4 is 21.6 Å². The lowest BCUT2D eigenvalue weighted by atomic mass is 10.2. The van der Waals surface area contributed by atoms with Crippen molar-refractivity contribution in [2.45, 2.75) is 25.4 Å². The number of halogens is 4. The molecule has 19 heavy (non-hydrogen) atoms. The molecular weight excluding hydrogens is 327 g/mol. The molecule has 0 saturated heterocycles. The van der Waals surface area contributed by atoms with Gasteiger partial charge in [-0.15, -0.1) is 0 Å². The van der Waals surface area contributed by atoms with Crippen molar-refractivity contribution < 1.29 is 22.6 Å². The summed E-state index contributed by atoms with van der Waals surface area (Å²) in [6, 6.07) is 3.66. The highest BCUT2D eigenvalue weighted by Crippen LogP contribution is 2.36. The fourth-order valence-electron chi connectivity index (χ4n) is 1.67. The van der Waals surface area contributed by atoms with Gasteiger partial charge in [0, 0.05) is 24.4 Å². The van der Waals surface area contributed by atoms with E-state index in [2.05, 4.69) is 21.2 Å². The van der Waals surface area contributed by atoms with E-state index in [0.29, 0.717) is 5.69 Å². The molecule has 0 aliphatic carbocycles. The number of methoxy groups -OCH3 is 2. The quantitative estimate of drug-likeness (QED) is 0.824. The first-order valence-electron chi connectivity index (χ1n) is 5.48. The number of rotatable bonds is 5. The summed E-state index contributed by atoms with van der Waals surface area (Å²) in [5.74, 6) is 0. The van der Waals surface area contributed by atoms with Crippen LogP contribution < -0.4 is 5.32 Å². The Hall–Kier alpha value is -0.790. The van der Waals surface area contributed by atoms with Crippen LogP contribution in [0.2, 0.25) is 0 Å². The van der Waals surface area contributed by atoms with Crippen molar-refractivity contribution in [1.82, 2.24) is 0 Å². The normalized spacial score (nSPS) is 13.7. The second-order valence-corrected chi connectivity index (χ2v) is 4.82. The third-order valence-corrected chi connectivity index (χ3v) is 3.23. The molecule has 1 aromatic carbocycles. The third-order valence-electron chi connectivity index (χ3n) is 2.54. The molecule has 0 bridgehead atoms. The molecule has 1 atom stereocenters. The molecule has 0 spiro atoms. The van der Waals surface area contributed by atoms with Gasteiger partial charge in [0.25, 0.3) is 0 Å². The first-order chi connectivity index (χ1) is 8.79. The molecule has 108 valence electrons. The van der Waals surface area contributed by atoms with Crippen molar-refractivity contribution in [3.05, 3.63) is 28.2 Å². The van der Waals surface area contributed by atoms with Gasteiger partial charge in [-0.2, -0.15) is 13.2 Å². The molecule has 1 aromatic rings. The molecule has 0 aliphatic rings. The Bertz CT molecular complexity index is 422. The minimum absolute atomic E-state index is 0.00763. The average molecular weight is 342 g/mol. The van der Waals surface area contributed by atoms with Gasteiger partial charge >= 0.3 is 6.18 Å². The maximum Gasteiger partial charge on any atom is 0.417 e. The lowest BCUT2D eigenvalue weighted by Crippen LogP contribution is -2.33. The van der Waals surface area contributed by atoms with Gasteiger partial charge in [0.1, 0.15) is 0 Å². The van der Waals surface area contributed by atoms with Crippen LogP contribution in [0.1, 0.15) is 12.5 Å². The summed E-state index contributed by atoms with van der Waals surface area (Å²) in [5.41, 5.74) is -0.377.